The first-order valence-corrected chi connectivity index (χ1v) is 12.8. The van der Waals surface area contributed by atoms with Crippen LogP contribution in [-0.4, -0.2) is 85.1 Å². The molecule has 1 aromatic carbocycles. The predicted molar refractivity (Wildman–Crippen MR) is 131 cm³/mol. The average Bonchev–Trinajstić information content (AvgIpc) is 3.08. The molecule has 0 N–H and O–H groups in total. The van der Waals surface area contributed by atoms with Gasteiger partial charge in [-0.2, -0.15) is 11.5 Å². The Morgan fingerprint density at radius 1 is 1.23 bits per heavy atom. The number of ether oxygens (including phenoxy) is 1. The van der Waals surface area contributed by atoms with Crippen LogP contribution in [0.3, 0.4) is 0 Å². The maximum Gasteiger partial charge on any atom is 0.310 e. The largest absolute Gasteiger partial charge is 2.00 e. The van der Waals surface area contributed by atoms with Crippen molar-refractivity contribution in [2.24, 2.45) is 10.9 Å². The second kappa shape index (κ2) is 16.2. The summed E-state index contributed by atoms with van der Waals surface area (Å²) in [5.74, 6) is 0.176. The number of aliphatic imine (C=N–C) groups is 1. The monoisotopic (exact) mass is 697 g/mol. The molecule has 0 saturated carbocycles. The Bertz CT molecular complexity index is 805. The van der Waals surface area contributed by atoms with E-state index in [1.165, 1.54) is 19.2 Å². The minimum Gasteiger partial charge on any atom is -2.00 e. The minimum atomic E-state index is -0.271. The Morgan fingerprint density at radius 2 is 1.94 bits per heavy atom. The van der Waals surface area contributed by atoms with E-state index in [0.717, 1.165) is 44.3 Å². The Labute approximate surface area is 232 Å². The number of nitrogens with zero attached hydrogens (tertiary/aromatic N) is 3. The number of carbonyl (C=O) groups excluding carboxylic acids is 1. The van der Waals surface area contributed by atoms with Gasteiger partial charge in [0.25, 0.3) is 0 Å². The van der Waals surface area contributed by atoms with E-state index >= 15 is 0 Å². The molecule has 0 amide bonds. The van der Waals surface area contributed by atoms with E-state index in [9.17, 15) is 14.3 Å². The molecule has 0 aromatic heterocycles. The van der Waals surface area contributed by atoms with Crippen molar-refractivity contribution in [2.75, 3.05) is 51.3 Å². The number of fused-ring (bicyclic) bond motifs is 2. The summed E-state index contributed by atoms with van der Waals surface area (Å²) in [6.45, 7) is 2.94. The number of esters is 1. The molecule has 2 aliphatic heterocycles. The molecule has 3 rings (SSSR count). The molecular formula is C24H33FN3O4ReS2-5. The third kappa shape index (κ3) is 8.70. The van der Waals surface area contributed by atoms with Crippen molar-refractivity contribution in [3.8, 4) is 0 Å². The minimum absolute atomic E-state index is 0. The van der Waals surface area contributed by atoms with Gasteiger partial charge in [0.15, 0.2) is 0 Å². The first kappa shape index (κ1) is 32.4. The van der Waals surface area contributed by atoms with Crippen LogP contribution in [0.25, 0.3) is 0 Å². The molecule has 1 unspecified atom stereocenters. The maximum absolute atomic E-state index is 13.5. The summed E-state index contributed by atoms with van der Waals surface area (Å²) >= 11 is 9.99. The molecule has 2 aliphatic rings. The van der Waals surface area contributed by atoms with Crippen molar-refractivity contribution in [1.82, 2.24) is 9.80 Å². The Kier molecular flexibility index (Phi) is 15.0. The van der Waals surface area contributed by atoms with Gasteiger partial charge in [-0.15, -0.1) is 0 Å². The van der Waals surface area contributed by atoms with Crippen molar-refractivity contribution >= 4 is 37.1 Å². The van der Waals surface area contributed by atoms with Crippen molar-refractivity contribution in [3.63, 3.8) is 0 Å². The molecule has 7 nitrogen and oxygen atoms in total. The molecule has 199 valence electrons. The molecule has 2 fully saturated rings. The van der Waals surface area contributed by atoms with Gasteiger partial charge < -0.3 is 50.5 Å². The van der Waals surface area contributed by atoms with E-state index in [-0.39, 0.29) is 68.0 Å². The standard InChI is InChI=1S/C24H36FN3O3S2.O.Re/c1-31-24(30)23-20(17-3-5-18(25)6-4-17)15-19-7-8-21(23)28(19)11-2-10-27(12-14-33)16-22(29)26-9-13-32;;/h3-6,19-21,23,32-33H,2,7-16H2,1H3,(H,26,29);;/q;-2;/p-3/t19?,20-,21+,23-;;/m0../s1. The number of hydrogen-bond acceptors (Lipinski definition) is 8. The summed E-state index contributed by atoms with van der Waals surface area (Å²) in [6.07, 6.45) is 3.74. The summed E-state index contributed by atoms with van der Waals surface area (Å²) in [6, 6.07) is 7.03. The molecule has 1 radical (unpaired) electrons. The van der Waals surface area contributed by atoms with Crippen molar-refractivity contribution in [2.45, 2.75) is 43.7 Å². The van der Waals surface area contributed by atoms with Crippen LogP contribution in [-0.2, 0) is 60.7 Å². The molecule has 2 saturated heterocycles. The first-order valence-electron chi connectivity index (χ1n) is 11.7. The van der Waals surface area contributed by atoms with Crippen LogP contribution in [0, 0.1) is 11.7 Å². The zero-order chi connectivity index (χ0) is 23.8. The number of piperidine rings is 1. The Hall–Kier alpha value is -0.668. The third-order valence-corrected chi connectivity index (χ3v) is 7.24. The Balaban J connectivity index is 0.00000306. The topological polar surface area (TPSA) is 96.7 Å². The summed E-state index contributed by atoms with van der Waals surface area (Å²) in [4.78, 5) is 21.3. The quantitative estimate of drug-likeness (QED) is 0.141. The number of benzene rings is 1. The van der Waals surface area contributed by atoms with Crippen LogP contribution in [0.15, 0.2) is 29.3 Å². The van der Waals surface area contributed by atoms with Gasteiger partial charge in [0.05, 0.1) is 13.0 Å². The fraction of sp³-hybridized carbons (Fsp3) is 0.667. The first-order chi connectivity index (χ1) is 16.0. The van der Waals surface area contributed by atoms with Crippen LogP contribution >= 0.6 is 0 Å². The van der Waals surface area contributed by atoms with Crippen LogP contribution in [0.5, 0.6) is 0 Å². The summed E-state index contributed by atoms with van der Waals surface area (Å²) in [7, 11) is 1.44. The molecular weight excluding hydrogens is 664 g/mol. The molecule has 0 aliphatic carbocycles. The van der Waals surface area contributed by atoms with E-state index < -0.39 is 0 Å². The molecule has 1 aromatic rings. The second-order valence-corrected chi connectivity index (χ2v) is 9.61. The average molecular weight is 697 g/mol. The van der Waals surface area contributed by atoms with Crippen molar-refractivity contribution in [1.29, 1.82) is 0 Å². The summed E-state index contributed by atoms with van der Waals surface area (Å²) in [5, 5.41) is 12.0. The van der Waals surface area contributed by atoms with Crippen LogP contribution in [0.2, 0.25) is 0 Å². The number of carbonyl (C=O) groups is 1. The number of hydrogen-bond donors (Lipinski definition) is 0. The van der Waals surface area contributed by atoms with E-state index in [1.54, 1.807) is 12.1 Å². The number of rotatable bonds is 12. The Morgan fingerprint density at radius 3 is 2.57 bits per heavy atom. The SMILES string of the molecule is COC(=O)[C@@H]1[C@H]2CCC(C[C@H]1c1ccc(F)cc1)N2CCCN(CC[S-])CC([O-])=NCC[S-].[O-2].[Re]. The fourth-order valence-corrected chi connectivity index (χ4v) is 5.81. The van der Waals surface area contributed by atoms with Gasteiger partial charge in [0.2, 0.25) is 0 Å². The zero-order valence-electron chi connectivity index (χ0n) is 19.9. The van der Waals surface area contributed by atoms with Crippen molar-refractivity contribution < 1.29 is 44.9 Å². The van der Waals surface area contributed by atoms with E-state index in [0.29, 0.717) is 30.6 Å². The van der Waals surface area contributed by atoms with Gasteiger partial charge in [-0.25, -0.2) is 4.39 Å². The van der Waals surface area contributed by atoms with E-state index in [4.69, 9.17) is 30.0 Å². The summed E-state index contributed by atoms with van der Waals surface area (Å²) < 4.78 is 18.7. The van der Waals surface area contributed by atoms with Gasteiger partial charge in [-0.1, -0.05) is 12.1 Å². The second-order valence-electron chi connectivity index (χ2n) is 8.79. The van der Waals surface area contributed by atoms with Gasteiger partial charge in [-0.3, -0.25) is 9.69 Å². The van der Waals surface area contributed by atoms with E-state index in [2.05, 4.69) is 14.8 Å². The van der Waals surface area contributed by atoms with Gasteiger partial charge >= 0.3 is 5.97 Å². The van der Waals surface area contributed by atoms with Gasteiger partial charge in [0, 0.05) is 51.5 Å². The maximum atomic E-state index is 13.5. The smallest absolute Gasteiger partial charge is 0.310 e. The summed E-state index contributed by atoms with van der Waals surface area (Å²) in [5.41, 5.74) is 1.00. The molecule has 4 atom stereocenters. The number of methoxy groups -OCH3 is 1. The molecule has 0 spiro atoms. The molecule has 11 heteroatoms. The molecule has 35 heavy (non-hydrogen) atoms. The van der Waals surface area contributed by atoms with Crippen molar-refractivity contribution in [3.05, 3.63) is 35.6 Å². The van der Waals surface area contributed by atoms with Gasteiger partial charge in [-0.05, 0) is 68.9 Å². The molecule has 2 bridgehead atoms. The molecule has 2 heterocycles. The number of halogens is 1. The van der Waals surface area contributed by atoms with Crippen LogP contribution in [0.1, 0.15) is 37.2 Å². The zero-order valence-corrected chi connectivity index (χ0v) is 24.3. The van der Waals surface area contributed by atoms with E-state index in [1.807, 2.05) is 0 Å². The fourth-order valence-electron chi connectivity index (χ4n) is 5.46. The predicted octanol–water partition coefficient (Wildman–Crippen LogP) is 1.36. The normalized spacial score (nSPS) is 24.1. The third-order valence-electron chi connectivity index (χ3n) is 6.87. The van der Waals surface area contributed by atoms with Crippen LogP contribution in [0.4, 0.5) is 4.39 Å². The van der Waals surface area contributed by atoms with Gasteiger partial charge in [0.1, 0.15) is 5.82 Å². The van der Waals surface area contributed by atoms with Crippen LogP contribution < -0.4 is 5.11 Å².